The van der Waals surface area contributed by atoms with Crippen LogP contribution in [0.5, 0.6) is 0 Å². The molecule has 0 atom stereocenters. The Balaban J connectivity index is 2.83. The minimum Gasteiger partial charge on any atom is -0.399 e. The number of aryl methyl sites for hydroxylation is 1. The van der Waals surface area contributed by atoms with Crippen molar-refractivity contribution < 1.29 is 8.42 Å². The van der Waals surface area contributed by atoms with Crippen LogP contribution in [0.2, 0.25) is 0 Å². The van der Waals surface area contributed by atoms with Crippen molar-refractivity contribution in [2.75, 3.05) is 11.5 Å². The molecule has 2 N–H and O–H groups in total. The van der Waals surface area contributed by atoms with Crippen LogP contribution in [-0.4, -0.2) is 14.2 Å². The molecule has 96 valence electrons. The smallest absolute Gasteiger partial charge is 0.178 e. The summed E-state index contributed by atoms with van der Waals surface area (Å²) >= 11 is 0. The lowest BCUT2D eigenvalue weighted by atomic mass is 10.1. The first-order valence-electron chi connectivity index (χ1n) is 5.92. The highest BCUT2D eigenvalue weighted by molar-refractivity contribution is 7.91. The van der Waals surface area contributed by atoms with Crippen LogP contribution in [0.1, 0.15) is 32.3 Å². The molecule has 3 nitrogen and oxygen atoms in total. The van der Waals surface area contributed by atoms with Gasteiger partial charge in [-0.05, 0) is 49.4 Å². The van der Waals surface area contributed by atoms with Crippen molar-refractivity contribution in [2.24, 2.45) is 5.92 Å². The Morgan fingerprint density at radius 2 is 1.94 bits per heavy atom. The fourth-order valence-electron chi connectivity index (χ4n) is 1.81. The fourth-order valence-corrected chi connectivity index (χ4v) is 3.40. The normalized spacial score (nSPS) is 12.0. The minimum absolute atomic E-state index is 0.218. The zero-order chi connectivity index (χ0) is 13.1. The van der Waals surface area contributed by atoms with E-state index >= 15 is 0 Å². The van der Waals surface area contributed by atoms with Crippen LogP contribution >= 0.6 is 0 Å². The highest BCUT2D eigenvalue weighted by Gasteiger charge is 2.16. The molecule has 1 rings (SSSR count). The van der Waals surface area contributed by atoms with Gasteiger partial charge in [-0.15, -0.1) is 0 Å². The Hall–Kier alpha value is -1.03. The zero-order valence-electron chi connectivity index (χ0n) is 10.7. The van der Waals surface area contributed by atoms with Crippen LogP contribution in [0.4, 0.5) is 5.69 Å². The van der Waals surface area contributed by atoms with E-state index in [0.717, 1.165) is 12.0 Å². The van der Waals surface area contributed by atoms with E-state index in [1.54, 1.807) is 25.1 Å². The number of anilines is 1. The van der Waals surface area contributed by atoms with Gasteiger partial charge in [0.05, 0.1) is 10.6 Å². The van der Waals surface area contributed by atoms with E-state index < -0.39 is 9.84 Å². The molecule has 0 aromatic heterocycles. The van der Waals surface area contributed by atoms with Crippen LogP contribution in [0.3, 0.4) is 0 Å². The lowest BCUT2D eigenvalue weighted by molar-refractivity contribution is 0.560. The molecule has 0 aliphatic heterocycles. The summed E-state index contributed by atoms with van der Waals surface area (Å²) in [6.45, 7) is 5.98. The predicted molar refractivity (Wildman–Crippen MR) is 71.7 cm³/mol. The molecule has 0 bridgehead atoms. The van der Waals surface area contributed by atoms with Crippen LogP contribution in [-0.2, 0) is 9.84 Å². The number of nitrogens with two attached hydrogens (primary N) is 1. The summed E-state index contributed by atoms with van der Waals surface area (Å²) in [5.74, 6) is 0.758. The molecule has 0 aliphatic carbocycles. The van der Waals surface area contributed by atoms with Crippen molar-refractivity contribution in [3.63, 3.8) is 0 Å². The molecule has 0 saturated carbocycles. The predicted octanol–water partition coefficient (Wildman–Crippen LogP) is 2.79. The summed E-state index contributed by atoms with van der Waals surface area (Å²) in [6.07, 6.45) is 1.65. The molecule has 0 saturated heterocycles. The molecule has 0 amide bonds. The van der Waals surface area contributed by atoms with Gasteiger partial charge in [0.1, 0.15) is 0 Å². The van der Waals surface area contributed by atoms with Crippen LogP contribution in [0.25, 0.3) is 0 Å². The summed E-state index contributed by atoms with van der Waals surface area (Å²) in [7, 11) is -3.16. The van der Waals surface area contributed by atoms with Gasteiger partial charge in [0.2, 0.25) is 0 Å². The molecular weight excluding hydrogens is 234 g/mol. The SMILES string of the molecule is Cc1cc(N)ccc1S(=O)(=O)CCCC(C)C. The molecule has 0 heterocycles. The fraction of sp³-hybridized carbons (Fsp3) is 0.538. The van der Waals surface area contributed by atoms with Gasteiger partial charge in [0.25, 0.3) is 0 Å². The third-order valence-corrected chi connectivity index (χ3v) is 4.68. The summed E-state index contributed by atoms with van der Waals surface area (Å²) in [5.41, 5.74) is 6.95. The van der Waals surface area contributed by atoms with Gasteiger partial charge in [0.15, 0.2) is 9.84 Å². The first-order valence-corrected chi connectivity index (χ1v) is 7.57. The summed E-state index contributed by atoms with van der Waals surface area (Å²) in [5, 5.41) is 0. The van der Waals surface area contributed by atoms with Crippen molar-refractivity contribution in [1.82, 2.24) is 0 Å². The number of benzene rings is 1. The maximum atomic E-state index is 12.1. The van der Waals surface area contributed by atoms with Crippen molar-refractivity contribution >= 4 is 15.5 Å². The standard InChI is InChI=1S/C13H21NO2S/c1-10(2)5-4-8-17(15,16)13-7-6-12(14)9-11(13)3/h6-7,9-10H,4-5,8,14H2,1-3H3. The second kappa shape index (κ2) is 5.54. The molecule has 0 spiro atoms. The van der Waals surface area contributed by atoms with E-state index in [1.807, 2.05) is 0 Å². The van der Waals surface area contributed by atoms with E-state index in [9.17, 15) is 8.42 Å². The number of nitrogen functional groups attached to an aromatic ring is 1. The van der Waals surface area contributed by atoms with Crippen molar-refractivity contribution in [2.45, 2.75) is 38.5 Å². The first kappa shape index (κ1) is 14.0. The van der Waals surface area contributed by atoms with E-state index in [4.69, 9.17) is 5.73 Å². The van der Waals surface area contributed by atoms with Gasteiger partial charge >= 0.3 is 0 Å². The maximum Gasteiger partial charge on any atom is 0.178 e. The monoisotopic (exact) mass is 255 g/mol. The first-order chi connectivity index (χ1) is 7.83. The Morgan fingerprint density at radius 3 is 2.47 bits per heavy atom. The molecule has 0 unspecified atom stereocenters. The summed E-state index contributed by atoms with van der Waals surface area (Å²) in [6, 6.07) is 4.95. The second-order valence-electron chi connectivity index (χ2n) is 4.88. The average Bonchev–Trinajstić information content (AvgIpc) is 2.15. The van der Waals surface area contributed by atoms with Gasteiger partial charge < -0.3 is 5.73 Å². The number of hydrogen-bond acceptors (Lipinski definition) is 3. The Morgan fingerprint density at radius 1 is 1.29 bits per heavy atom. The van der Waals surface area contributed by atoms with Crippen LogP contribution in [0.15, 0.2) is 23.1 Å². The average molecular weight is 255 g/mol. The summed E-state index contributed by atoms with van der Waals surface area (Å²) in [4.78, 5) is 0.412. The highest BCUT2D eigenvalue weighted by atomic mass is 32.2. The van der Waals surface area contributed by atoms with Gasteiger partial charge in [-0.3, -0.25) is 0 Å². The summed E-state index contributed by atoms with van der Waals surface area (Å²) < 4.78 is 24.2. The Labute approximate surface area is 104 Å². The highest BCUT2D eigenvalue weighted by Crippen LogP contribution is 2.20. The topological polar surface area (TPSA) is 60.2 Å². The van der Waals surface area contributed by atoms with E-state index in [0.29, 0.717) is 22.9 Å². The molecule has 0 radical (unpaired) electrons. The zero-order valence-corrected chi connectivity index (χ0v) is 11.5. The van der Waals surface area contributed by atoms with Crippen molar-refractivity contribution in [1.29, 1.82) is 0 Å². The van der Waals surface area contributed by atoms with E-state index in [1.165, 1.54) is 0 Å². The van der Waals surface area contributed by atoms with Crippen molar-refractivity contribution in [3.05, 3.63) is 23.8 Å². The van der Waals surface area contributed by atoms with E-state index in [-0.39, 0.29) is 5.75 Å². The Kier molecular flexibility index (Phi) is 4.57. The molecule has 17 heavy (non-hydrogen) atoms. The van der Waals surface area contributed by atoms with Crippen LogP contribution < -0.4 is 5.73 Å². The molecule has 0 fully saturated rings. The van der Waals surface area contributed by atoms with Gasteiger partial charge in [-0.2, -0.15) is 0 Å². The molecule has 1 aromatic rings. The van der Waals surface area contributed by atoms with Gasteiger partial charge in [0, 0.05) is 5.69 Å². The largest absolute Gasteiger partial charge is 0.399 e. The second-order valence-corrected chi connectivity index (χ2v) is 6.96. The van der Waals surface area contributed by atoms with E-state index in [2.05, 4.69) is 13.8 Å². The van der Waals surface area contributed by atoms with Gasteiger partial charge in [-0.25, -0.2) is 8.42 Å². The lowest BCUT2D eigenvalue weighted by Gasteiger charge is -2.09. The van der Waals surface area contributed by atoms with Gasteiger partial charge in [-0.1, -0.05) is 13.8 Å². The number of hydrogen-bond donors (Lipinski definition) is 1. The quantitative estimate of drug-likeness (QED) is 0.823. The maximum absolute atomic E-state index is 12.1. The number of rotatable bonds is 5. The van der Waals surface area contributed by atoms with Crippen LogP contribution in [0, 0.1) is 12.8 Å². The van der Waals surface area contributed by atoms with Crippen molar-refractivity contribution in [3.8, 4) is 0 Å². The third kappa shape index (κ3) is 4.04. The molecule has 0 aliphatic rings. The minimum atomic E-state index is -3.16. The molecular formula is C13H21NO2S. The molecule has 4 heteroatoms. The Bertz CT molecular complexity index is 478. The molecule has 1 aromatic carbocycles. The number of sulfone groups is 1. The third-order valence-electron chi connectivity index (χ3n) is 2.73. The lowest BCUT2D eigenvalue weighted by Crippen LogP contribution is -2.09.